The van der Waals surface area contributed by atoms with Crippen LogP contribution in [0, 0.1) is 29.7 Å². The second-order valence-corrected chi connectivity index (χ2v) is 0. The third-order valence-corrected chi connectivity index (χ3v) is 0. The summed E-state index contributed by atoms with van der Waals surface area (Å²) in [5, 5.41) is 0. The van der Waals surface area contributed by atoms with Crippen LogP contribution in [0.15, 0.2) is 0 Å². The third-order valence-electron chi connectivity index (χ3n) is 0. The Labute approximate surface area is 466 Å². The molecule has 0 rings (SSSR count). The van der Waals surface area contributed by atoms with E-state index < -0.39 is 0 Å². The van der Waals surface area contributed by atoms with Crippen LogP contribution < -0.4 is 0 Å². The molecule has 0 saturated heterocycles. The quantitative estimate of drug-likeness (QED) is 0.325. The second kappa shape index (κ2) is 186. The van der Waals surface area contributed by atoms with Gasteiger partial charge >= 0.3 is 0 Å². The summed E-state index contributed by atoms with van der Waals surface area (Å²) in [5.74, 6) is 0. The van der Waals surface area contributed by atoms with Gasteiger partial charge in [-0.3, -0.25) is 0 Å². The molecule has 0 aromatic carbocycles. The van der Waals surface area contributed by atoms with Crippen LogP contribution in [-0.2, 0) is 425 Å². The summed E-state index contributed by atoms with van der Waals surface area (Å²) in [6.07, 6.45) is 0. The van der Waals surface area contributed by atoms with Gasteiger partial charge in [-0.1, -0.05) is 27.7 Å². The van der Waals surface area contributed by atoms with Gasteiger partial charge in [0.25, 0.3) is 0 Å². The zero-order valence-electron chi connectivity index (χ0n) is 15.5. The van der Waals surface area contributed by atoms with E-state index in [9.17, 15) is 0 Å². The molecule has 0 bridgehead atoms. The van der Waals surface area contributed by atoms with Gasteiger partial charge in [0.05, 0.1) is 0 Å². The Morgan fingerprint density at radius 1 is 0.190 bits per heavy atom. The fraction of sp³-hybridized carbons (Fsp3) is 0.500. The van der Waals surface area contributed by atoms with Crippen LogP contribution in [0.5, 0.6) is 0 Å². The molecule has 13 radical (unpaired) electrons. The van der Waals surface area contributed by atoms with Gasteiger partial charge < -0.3 is 29.7 Å². The van der Waals surface area contributed by atoms with Gasteiger partial charge in [-0.05, 0) is 0 Å². The van der Waals surface area contributed by atoms with E-state index in [-0.39, 0.29) is 455 Å². The van der Waals surface area contributed by atoms with E-state index in [1.54, 1.807) is 0 Å². The van der Waals surface area contributed by atoms with Crippen molar-refractivity contribution in [2.75, 3.05) is 0 Å². The van der Waals surface area contributed by atoms with Gasteiger partial charge in [0.15, 0.2) is 0 Å². The van der Waals surface area contributed by atoms with Crippen molar-refractivity contribution >= 4 is 0 Å². The monoisotopic (exact) mass is 1280 g/mol. The zero-order valence-corrected chi connectivity index (χ0v) is 52.4. The molecule has 0 aromatic heterocycles. The Morgan fingerprint density at radius 2 is 0.190 bits per heavy atom. The first-order valence-corrected chi connectivity index (χ1v) is 2.00. The number of hydrogen-bond donors (Lipinski definition) is 0. The number of hydrogen-bond acceptors (Lipinski definition) is 0. The van der Waals surface area contributed by atoms with Crippen molar-refractivity contribution in [3.8, 4) is 0 Å². The van der Waals surface area contributed by atoms with Gasteiger partial charge in [-0.2, -0.15) is 0 Å². The van der Waals surface area contributed by atoms with Gasteiger partial charge in [0.2, 0.25) is 0 Å². The minimum absolute atomic E-state index is 0. The predicted molar refractivity (Wildman–Crippen MR) is 48.4 cm³/mol. The van der Waals surface area contributed by atoms with E-state index in [0.29, 0.717) is 0 Å². The van der Waals surface area contributed by atoms with Crippen molar-refractivity contribution in [1.29, 1.82) is 0 Å². The summed E-state index contributed by atoms with van der Waals surface area (Å²) in [6.45, 7) is 8.00. The molecule has 0 unspecified atom stereocenters. The van der Waals surface area contributed by atoms with E-state index in [1.807, 2.05) is 27.7 Å². The minimum atomic E-state index is 0. The summed E-state index contributed by atoms with van der Waals surface area (Å²) in [6, 6.07) is 0. The van der Waals surface area contributed by atoms with E-state index in [0.717, 1.165) is 0 Å². The van der Waals surface area contributed by atoms with E-state index in [2.05, 4.69) is 0 Å². The van der Waals surface area contributed by atoms with Gasteiger partial charge in [-0.25, -0.2) is 0 Å². The van der Waals surface area contributed by atoms with Crippen LogP contribution in [0.25, 0.3) is 0 Å². The molecule has 0 saturated carbocycles. The molecule has 0 nitrogen and oxygen atoms in total. The Bertz CT molecular complexity index is 20.1. The summed E-state index contributed by atoms with van der Waals surface area (Å²) in [7, 11) is 0. The van der Waals surface area contributed by atoms with E-state index in [4.69, 9.17) is 0 Å². The first-order valence-electron chi connectivity index (χ1n) is 2.00. The Hall–Kier alpha value is 14.4. The molecule has 0 heterocycles. The maximum Gasteiger partial charge on any atom is 0 e. The molecule has 0 fully saturated rings. The van der Waals surface area contributed by atoms with Gasteiger partial charge in [0, 0.05) is 425 Å². The van der Waals surface area contributed by atoms with Crippen molar-refractivity contribution in [3.05, 3.63) is 29.7 Å². The fourth-order valence-electron chi connectivity index (χ4n) is 0. The summed E-state index contributed by atoms with van der Waals surface area (Å²) >= 11 is 0. The smallest absolute Gasteiger partial charge is 0 e. The molecule has 0 aliphatic heterocycles. The molecule has 0 aliphatic carbocycles. The molecule has 99 valence electrons. The summed E-state index contributed by atoms with van der Waals surface area (Å²) in [5.41, 5.74) is 0. The molecule has 0 aromatic rings. The van der Waals surface area contributed by atoms with Crippen molar-refractivity contribution in [3.63, 3.8) is 0 Å². The fourth-order valence-corrected chi connectivity index (χ4v) is 0. The van der Waals surface area contributed by atoms with Crippen LogP contribution in [-0.4, -0.2) is 0 Å². The Balaban J connectivity index is -0.000000000124. The minimum Gasteiger partial charge on any atom is -0.358 e. The molecule has 0 N–H and O–H groups in total. The van der Waals surface area contributed by atoms with Crippen LogP contribution >= 0.6 is 0 Å². The molecule has 21 heavy (non-hydrogen) atoms. The molecule has 0 amide bonds. The molecule has 0 atom stereocenters. The van der Waals surface area contributed by atoms with Gasteiger partial charge in [-0.15, -0.1) is 0 Å². The SMILES string of the molecule is CC.CC.[CH3-].[CH3-].[CH3-].[CH3-].[Y].[Y].[Y].[Y].[Y].[Y].[Y].[Y].[Y].[Y].[Y].[Y].[Y]. The molecule has 13 heteroatoms. The maximum atomic E-state index is 2.00. The largest absolute Gasteiger partial charge is 0.358 e. The second-order valence-electron chi connectivity index (χ2n) is 0. The average molecular weight is 1280 g/mol. The first-order chi connectivity index (χ1) is 2.00. The normalized spacial score (nSPS) is 0.571. The first kappa shape index (κ1) is 156. The number of rotatable bonds is 0. The van der Waals surface area contributed by atoms with E-state index in [1.165, 1.54) is 0 Å². The maximum absolute atomic E-state index is 2.00. The van der Waals surface area contributed by atoms with E-state index >= 15 is 0 Å². The topological polar surface area (TPSA) is 0 Å². The van der Waals surface area contributed by atoms with Crippen LogP contribution in [0.4, 0.5) is 0 Å². The predicted octanol–water partition coefficient (Wildman–Crippen LogP) is 3.82. The van der Waals surface area contributed by atoms with Crippen LogP contribution in [0.3, 0.4) is 0 Å². The molecular formula is C8H24Y13-4. The van der Waals surface area contributed by atoms with Crippen LogP contribution in [0.2, 0.25) is 0 Å². The Morgan fingerprint density at radius 3 is 0.190 bits per heavy atom. The molecular weight excluding hydrogens is 1250 g/mol. The van der Waals surface area contributed by atoms with Gasteiger partial charge in [0.1, 0.15) is 0 Å². The molecule has 0 aliphatic rings. The van der Waals surface area contributed by atoms with Crippen molar-refractivity contribution < 1.29 is 425 Å². The summed E-state index contributed by atoms with van der Waals surface area (Å²) in [4.78, 5) is 0. The summed E-state index contributed by atoms with van der Waals surface area (Å²) < 4.78 is 0. The zero-order chi connectivity index (χ0) is 4.00. The Kier molecular flexibility index (Phi) is 1380. The third kappa shape index (κ3) is 175. The standard InChI is InChI=1S/2C2H6.4CH3.13Y/c2*1-2;;;;;;;;;;;;;;;;;/h2*1-2H3;4*1H3;;;;;;;;;;;;;/q;;4*-1;;;;;;;;;;;;;. The van der Waals surface area contributed by atoms with Crippen LogP contribution in [0.1, 0.15) is 27.7 Å². The van der Waals surface area contributed by atoms with Crippen molar-refractivity contribution in [1.82, 2.24) is 0 Å². The van der Waals surface area contributed by atoms with Crippen molar-refractivity contribution in [2.45, 2.75) is 27.7 Å². The van der Waals surface area contributed by atoms with Crippen molar-refractivity contribution in [2.24, 2.45) is 0 Å². The average Bonchev–Trinajstić information content (AvgIpc) is 1.50. The molecule has 0 spiro atoms.